The van der Waals surface area contributed by atoms with Gasteiger partial charge in [0, 0.05) is 0 Å². The van der Waals surface area contributed by atoms with Crippen LogP contribution in [-0.2, 0) is 0 Å². The van der Waals surface area contributed by atoms with Gasteiger partial charge in [-0.05, 0) is 23.7 Å². The van der Waals surface area contributed by atoms with Crippen LogP contribution >= 0.6 is 11.5 Å². The molecule has 0 aliphatic carbocycles. The predicted molar refractivity (Wildman–Crippen MR) is 49.5 cm³/mol. The highest BCUT2D eigenvalue weighted by atomic mass is 32.1. The normalized spacial score (nSPS) is 10.5. The molecule has 1 heterocycles. The first-order valence-corrected chi connectivity index (χ1v) is 4.32. The molecule has 0 saturated carbocycles. The van der Waals surface area contributed by atoms with E-state index < -0.39 is 11.7 Å². The standard InChI is InChI=1S/C8H5NO3S/c10-7-5-3-1-2-4-6(5)13-9(7)8(11)12/h1-4H,(H,11,12). The third kappa shape index (κ3) is 1.13. The Kier molecular flexibility index (Phi) is 1.66. The van der Waals surface area contributed by atoms with Crippen molar-refractivity contribution < 1.29 is 9.90 Å². The van der Waals surface area contributed by atoms with Gasteiger partial charge >= 0.3 is 6.09 Å². The summed E-state index contributed by atoms with van der Waals surface area (Å²) in [5, 5.41) is 9.09. The fourth-order valence-electron chi connectivity index (χ4n) is 1.10. The molecule has 13 heavy (non-hydrogen) atoms. The second-order valence-corrected chi connectivity index (χ2v) is 3.46. The summed E-state index contributed by atoms with van der Waals surface area (Å²) in [5.41, 5.74) is -0.465. The van der Waals surface area contributed by atoms with E-state index in [4.69, 9.17) is 5.11 Å². The SMILES string of the molecule is O=C(O)n1sc2ccccc2c1=O. The number of benzene rings is 1. The molecule has 0 unspecified atom stereocenters. The molecule has 66 valence electrons. The lowest BCUT2D eigenvalue weighted by Crippen LogP contribution is -2.19. The monoisotopic (exact) mass is 195 g/mol. The van der Waals surface area contributed by atoms with Crippen molar-refractivity contribution in [2.75, 3.05) is 0 Å². The lowest BCUT2D eigenvalue weighted by Gasteiger charge is -1.85. The Morgan fingerprint density at radius 1 is 1.38 bits per heavy atom. The number of hydrogen-bond donors (Lipinski definition) is 1. The zero-order chi connectivity index (χ0) is 9.42. The molecular weight excluding hydrogens is 190 g/mol. The van der Waals surface area contributed by atoms with Crippen LogP contribution in [0.5, 0.6) is 0 Å². The van der Waals surface area contributed by atoms with E-state index in [9.17, 15) is 9.59 Å². The first kappa shape index (κ1) is 8.00. The van der Waals surface area contributed by atoms with Crippen molar-refractivity contribution >= 4 is 27.7 Å². The Bertz CT molecular complexity index is 525. The van der Waals surface area contributed by atoms with E-state index in [2.05, 4.69) is 0 Å². The molecule has 0 saturated heterocycles. The zero-order valence-corrected chi connectivity index (χ0v) is 7.25. The Balaban J connectivity index is 2.90. The van der Waals surface area contributed by atoms with E-state index >= 15 is 0 Å². The van der Waals surface area contributed by atoms with Crippen LogP contribution < -0.4 is 5.56 Å². The van der Waals surface area contributed by atoms with Crippen molar-refractivity contribution in [3.05, 3.63) is 34.6 Å². The Hall–Kier alpha value is -1.62. The molecule has 0 bridgehead atoms. The Morgan fingerprint density at radius 3 is 2.69 bits per heavy atom. The quantitative estimate of drug-likeness (QED) is 0.694. The molecule has 4 nitrogen and oxygen atoms in total. The Labute approximate surface area is 76.8 Å². The average molecular weight is 195 g/mol. The number of fused-ring (bicyclic) bond motifs is 1. The number of rotatable bonds is 0. The summed E-state index contributed by atoms with van der Waals surface area (Å²) in [5.74, 6) is 0. The van der Waals surface area contributed by atoms with E-state index in [1.54, 1.807) is 24.3 Å². The van der Waals surface area contributed by atoms with E-state index in [1.165, 1.54) is 0 Å². The molecule has 0 fully saturated rings. The number of carboxylic acid groups (broad SMARTS) is 1. The smallest absolute Gasteiger partial charge is 0.428 e. The number of carbonyl (C=O) groups is 1. The lowest BCUT2D eigenvalue weighted by molar-refractivity contribution is 0.198. The lowest BCUT2D eigenvalue weighted by atomic mass is 10.3. The maximum Gasteiger partial charge on any atom is 0.428 e. The number of hydrogen-bond acceptors (Lipinski definition) is 3. The van der Waals surface area contributed by atoms with Crippen molar-refractivity contribution in [1.82, 2.24) is 3.96 Å². The predicted octanol–water partition coefficient (Wildman–Crippen LogP) is 1.59. The van der Waals surface area contributed by atoms with E-state index in [0.29, 0.717) is 10.1 Å². The van der Waals surface area contributed by atoms with Crippen molar-refractivity contribution in [2.24, 2.45) is 0 Å². The number of nitrogens with zero attached hydrogens (tertiary/aromatic N) is 1. The van der Waals surface area contributed by atoms with Crippen LogP contribution in [0.15, 0.2) is 29.1 Å². The average Bonchev–Trinajstić information content (AvgIpc) is 2.45. The molecule has 1 aromatic heterocycles. The fourth-order valence-corrected chi connectivity index (χ4v) is 1.95. The minimum absolute atomic E-state index is 0.454. The van der Waals surface area contributed by atoms with E-state index in [1.807, 2.05) is 0 Å². The molecule has 1 N–H and O–H groups in total. The summed E-state index contributed by atoms with van der Waals surface area (Å²) in [7, 11) is 0. The highest BCUT2D eigenvalue weighted by Crippen LogP contribution is 2.15. The summed E-state index contributed by atoms with van der Waals surface area (Å²) in [6, 6.07) is 6.82. The van der Waals surface area contributed by atoms with E-state index in [0.717, 1.165) is 15.5 Å². The van der Waals surface area contributed by atoms with Gasteiger partial charge in [0.2, 0.25) is 0 Å². The second-order valence-electron chi connectivity index (χ2n) is 2.47. The van der Waals surface area contributed by atoms with Crippen molar-refractivity contribution in [2.45, 2.75) is 0 Å². The van der Waals surface area contributed by atoms with Gasteiger partial charge < -0.3 is 5.11 Å². The minimum atomic E-state index is -1.23. The number of aromatic nitrogens is 1. The van der Waals surface area contributed by atoms with Gasteiger partial charge in [0.25, 0.3) is 5.56 Å². The zero-order valence-electron chi connectivity index (χ0n) is 6.43. The summed E-state index contributed by atoms with van der Waals surface area (Å²) in [4.78, 5) is 21.9. The fraction of sp³-hybridized carbons (Fsp3) is 0. The summed E-state index contributed by atoms with van der Waals surface area (Å²) in [6.45, 7) is 0. The van der Waals surface area contributed by atoms with Crippen molar-refractivity contribution in [1.29, 1.82) is 0 Å². The van der Waals surface area contributed by atoms with Gasteiger partial charge in [0.05, 0.1) is 10.1 Å². The second kappa shape index (κ2) is 2.70. The molecule has 2 rings (SSSR count). The van der Waals surface area contributed by atoms with E-state index in [-0.39, 0.29) is 0 Å². The molecular formula is C8H5NO3S. The van der Waals surface area contributed by atoms with Crippen LogP contribution in [-0.4, -0.2) is 15.2 Å². The van der Waals surface area contributed by atoms with Crippen LogP contribution in [0, 0.1) is 0 Å². The third-order valence-electron chi connectivity index (χ3n) is 1.67. The van der Waals surface area contributed by atoms with Gasteiger partial charge in [-0.1, -0.05) is 12.1 Å². The van der Waals surface area contributed by atoms with Gasteiger partial charge in [-0.3, -0.25) is 4.79 Å². The first-order chi connectivity index (χ1) is 6.20. The minimum Gasteiger partial charge on any atom is -0.464 e. The largest absolute Gasteiger partial charge is 0.464 e. The van der Waals surface area contributed by atoms with Crippen molar-refractivity contribution in [3.8, 4) is 0 Å². The topological polar surface area (TPSA) is 59.3 Å². The van der Waals surface area contributed by atoms with Crippen LogP contribution in [0.1, 0.15) is 0 Å². The highest BCUT2D eigenvalue weighted by molar-refractivity contribution is 7.14. The molecule has 1 aromatic carbocycles. The maximum absolute atomic E-state index is 11.4. The molecule has 5 heteroatoms. The summed E-state index contributed by atoms with van der Waals surface area (Å²) >= 11 is 0.937. The van der Waals surface area contributed by atoms with Crippen molar-refractivity contribution in [3.63, 3.8) is 0 Å². The molecule has 0 spiro atoms. The van der Waals surface area contributed by atoms with Gasteiger partial charge in [-0.2, -0.15) is 3.96 Å². The molecule has 0 atom stereocenters. The molecule has 2 aromatic rings. The molecule has 0 aliphatic heterocycles. The third-order valence-corrected chi connectivity index (χ3v) is 2.72. The van der Waals surface area contributed by atoms with Crippen LogP contribution in [0.4, 0.5) is 4.79 Å². The van der Waals surface area contributed by atoms with Crippen LogP contribution in [0.3, 0.4) is 0 Å². The van der Waals surface area contributed by atoms with Gasteiger partial charge in [-0.15, -0.1) is 0 Å². The summed E-state index contributed by atoms with van der Waals surface area (Å²) in [6.07, 6.45) is -1.23. The van der Waals surface area contributed by atoms with Crippen LogP contribution in [0.25, 0.3) is 10.1 Å². The Morgan fingerprint density at radius 2 is 2.08 bits per heavy atom. The van der Waals surface area contributed by atoms with Gasteiger partial charge in [-0.25, -0.2) is 4.79 Å². The molecule has 0 amide bonds. The first-order valence-electron chi connectivity index (χ1n) is 3.54. The summed E-state index contributed by atoms with van der Waals surface area (Å²) < 4.78 is 1.42. The highest BCUT2D eigenvalue weighted by Gasteiger charge is 2.10. The maximum atomic E-state index is 11.4. The molecule has 0 radical (unpaired) electrons. The van der Waals surface area contributed by atoms with Gasteiger partial charge in [0.15, 0.2) is 0 Å². The van der Waals surface area contributed by atoms with Crippen LogP contribution in [0.2, 0.25) is 0 Å². The van der Waals surface area contributed by atoms with Gasteiger partial charge in [0.1, 0.15) is 0 Å². The molecule has 0 aliphatic rings.